The van der Waals surface area contributed by atoms with Gasteiger partial charge in [-0.2, -0.15) is 0 Å². The second-order valence-corrected chi connectivity index (χ2v) is 8.15. The average molecular weight is 429 g/mol. The fourth-order valence-corrected chi connectivity index (χ4v) is 4.28. The molecule has 0 aliphatic carbocycles. The van der Waals surface area contributed by atoms with E-state index in [0.717, 1.165) is 22.6 Å². The first kappa shape index (κ1) is 20.2. The van der Waals surface area contributed by atoms with E-state index in [4.69, 9.17) is 9.72 Å². The molecular weight excluding hydrogens is 405 g/mol. The number of para-hydroxylation sites is 2. The van der Waals surface area contributed by atoms with Crippen molar-refractivity contribution in [3.05, 3.63) is 90.0 Å². The molecule has 32 heavy (non-hydrogen) atoms. The summed E-state index contributed by atoms with van der Waals surface area (Å²) in [7, 11) is 0. The number of benzene rings is 3. The van der Waals surface area contributed by atoms with Crippen LogP contribution in [-0.4, -0.2) is 28.6 Å². The summed E-state index contributed by atoms with van der Waals surface area (Å²) in [6.45, 7) is 3.70. The van der Waals surface area contributed by atoms with Crippen LogP contribution in [0.25, 0.3) is 11.0 Å². The standard InChI is InChI=1S/C26H24FN3O2/c1-18-6-12-22(13-7-18)32-15-14-29-24-5-3-2-4-23(24)28-26(29)19-16-25(31)30(17-19)21-10-8-20(27)9-11-21/h2-13,19H,14-17H2,1H3/t19-/m0/s1. The summed E-state index contributed by atoms with van der Waals surface area (Å²) in [6, 6.07) is 22.1. The smallest absolute Gasteiger partial charge is 0.227 e. The molecule has 1 saturated heterocycles. The third-order valence-electron chi connectivity index (χ3n) is 5.92. The zero-order chi connectivity index (χ0) is 22.1. The Morgan fingerprint density at radius 2 is 1.78 bits per heavy atom. The van der Waals surface area contributed by atoms with E-state index in [0.29, 0.717) is 31.8 Å². The molecule has 1 atom stereocenters. The van der Waals surface area contributed by atoms with Gasteiger partial charge in [-0.1, -0.05) is 29.8 Å². The number of anilines is 1. The number of fused-ring (bicyclic) bond motifs is 1. The number of nitrogens with zero attached hydrogens (tertiary/aromatic N) is 3. The first-order valence-electron chi connectivity index (χ1n) is 10.8. The van der Waals surface area contributed by atoms with Crippen LogP contribution in [0.1, 0.15) is 23.7 Å². The maximum absolute atomic E-state index is 13.3. The summed E-state index contributed by atoms with van der Waals surface area (Å²) in [5.74, 6) is 1.39. The van der Waals surface area contributed by atoms with Crippen molar-refractivity contribution >= 4 is 22.6 Å². The Balaban J connectivity index is 1.39. The molecule has 0 radical (unpaired) electrons. The van der Waals surface area contributed by atoms with Gasteiger partial charge in [0.05, 0.1) is 17.6 Å². The predicted octanol–water partition coefficient (Wildman–Crippen LogP) is 5.08. The molecule has 1 aliphatic rings. The molecule has 162 valence electrons. The van der Waals surface area contributed by atoms with Gasteiger partial charge in [-0.3, -0.25) is 4.79 Å². The van der Waals surface area contributed by atoms with E-state index in [1.165, 1.54) is 17.7 Å². The number of hydrogen-bond acceptors (Lipinski definition) is 3. The van der Waals surface area contributed by atoms with Crippen LogP contribution in [0.3, 0.4) is 0 Å². The Labute approximate surface area is 186 Å². The number of imidazole rings is 1. The molecule has 2 heterocycles. The molecule has 1 aromatic heterocycles. The van der Waals surface area contributed by atoms with Crippen LogP contribution < -0.4 is 9.64 Å². The molecule has 0 unspecified atom stereocenters. The van der Waals surface area contributed by atoms with Gasteiger partial charge in [0.15, 0.2) is 0 Å². The molecule has 5 rings (SSSR count). The predicted molar refractivity (Wildman–Crippen MR) is 123 cm³/mol. The minimum atomic E-state index is -0.313. The first-order chi connectivity index (χ1) is 15.6. The quantitative estimate of drug-likeness (QED) is 0.429. The van der Waals surface area contributed by atoms with E-state index in [-0.39, 0.29) is 17.6 Å². The largest absolute Gasteiger partial charge is 0.492 e. The molecule has 0 bridgehead atoms. The van der Waals surface area contributed by atoms with Crippen molar-refractivity contribution in [2.45, 2.75) is 25.8 Å². The van der Waals surface area contributed by atoms with Gasteiger partial charge in [0, 0.05) is 24.6 Å². The van der Waals surface area contributed by atoms with Crippen molar-refractivity contribution in [2.75, 3.05) is 18.1 Å². The van der Waals surface area contributed by atoms with Crippen molar-refractivity contribution < 1.29 is 13.9 Å². The highest BCUT2D eigenvalue weighted by molar-refractivity contribution is 5.96. The number of amides is 1. The SMILES string of the molecule is Cc1ccc(OCCn2c([C@H]3CC(=O)N(c4ccc(F)cc4)C3)nc3ccccc32)cc1. The minimum Gasteiger partial charge on any atom is -0.492 e. The molecule has 0 spiro atoms. The van der Waals surface area contributed by atoms with Crippen molar-refractivity contribution in [1.29, 1.82) is 0 Å². The summed E-state index contributed by atoms with van der Waals surface area (Å²) in [4.78, 5) is 19.4. The zero-order valence-corrected chi connectivity index (χ0v) is 17.9. The van der Waals surface area contributed by atoms with Crippen LogP contribution in [-0.2, 0) is 11.3 Å². The van der Waals surface area contributed by atoms with E-state index in [1.807, 2.05) is 55.5 Å². The lowest BCUT2D eigenvalue weighted by molar-refractivity contribution is -0.117. The topological polar surface area (TPSA) is 47.4 Å². The van der Waals surface area contributed by atoms with Crippen molar-refractivity contribution in [3.8, 4) is 5.75 Å². The molecule has 4 aromatic rings. The summed E-state index contributed by atoms with van der Waals surface area (Å²) < 4.78 is 21.4. The number of rotatable bonds is 6. The summed E-state index contributed by atoms with van der Waals surface area (Å²) in [6.07, 6.45) is 0.375. The number of aryl methyl sites for hydroxylation is 1. The van der Waals surface area contributed by atoms with E-state index in [1.54, 1.807) is 17.0 Å². The number of ether oxygens (including phenoxy) is 1. The van der Waals surface area contributed by atoms with Gasteiger partial charge in [0.25, 0.3) is 0 Å². The van der Waals surface area contributed by atoms with Gasteiger partial charge in [-0.25, -0.2) is 9.37 Å². The van der Waals surface area contributed by atoms with Gasteiger partial charge in [0.1, 0.15) is 24.0 Å². The highest BCUT2D eigenvalue weighted by Crippen LogP contribution is 2.33. The number of aromatic nitrogens is 2. The van der Waals surface area contributed by atoms with E-state index < -0.39 is 0 Å². The van der Waals surface area contributed by atoms with Gasteiger partial charge >= 0.3 is 0 Å². The molecule has 1 aliphatic heterocycles. The van der Waals surface area contributed by atoms with Crippen LogP contribution in [0, 0.1) is 12.7 Å². The maximum Gasteiger partial charge on any atom is 0.227 e. The summed E-state index contributed by atoms with van der Waals surface area (Å²) in [5.41, 5.74) is 3.84. The molecule has 5 nitrogen and oxygen atoms in total. The Kier molecular flexibility index (Phi) is 5.35. The van der Waals surface area contributed by atoms with Gasteiger partial charge in [-0.05, 0) is 55.5 Å². The highest BCUT2D eigenvalue weighted by Gasteiger charge is 2.34. The molecule has 1 amide bonds. The number of hydrogen-bond donors (Lipinski definition) is 0. The second-order valence-electron chi connectivity index (χ2n) is 8.15. The lowest BCUT2D eigenvalue weighted by Crippen LogP contribution is -2.24. The number of carbonyl (C=O) groups excluding carboxylic acids is 1. The van der Waals surface area contributed by atoms with Crippen LogP contribution in [0.5, 0.6) is 5.75 Å². The normalized spacial score (nSPS) is 16.1. The minimum absolute atomic E-state index is 0.0242. The Bertz CT molecular complexity index is 1250. The molecular formula is C26H24FN3O2. The van der Waals surface area contributed by atoms with Crippen molar-refractivity contribution in [1.82, 2.24) is 9.55 Å². The van der Waals surface area contributed by atoms with Crippen molar-refractivity contribution in [3.63, 3.8) is 0 Å². The molecule has 6 heteroatoms. The summed E-state index contributed by atoms with van der Waals surface area (Å²) in [5, 5.41) is 0. The number of carbonyl (C=O) groups is 1. The molecule has 3 aromatic carbocycles. The second kappa shape index (κ2) is 8.46. The molecule has 0 saturated carbocycles. The third kappa shape index (κ3) is 3.96. The van der Waals surface area contributed by atoms with Gasteiger partial charge < -0.3 is 14.2 Å². The first-order valence-corrected chi connectivity index (χ1v) is 10.8. The molecule has 0 N–H and O–H groups in total. The fraction of sp³-hybridized carbons (Fsp3) is 0.231. The van der Waals surface area contributed by atoms with Gasteiger partial charge in [-0.15, -0.1) is 0 Å². The lowest BCUT2D eigenvalue weighted by atomic mass is 10.1. The van der Waals surface area contributed by atoms with E-state index in [9.17, 15) is 9.18 Å². The Morgan fingerprint density at radius 3 is 2.56 bits per heavy atom. The van der Waals surface area contributed by atoms with Crippen LogP contribution >= 0.6 is 0 Å². The zero-order valence-electron chi connectivity index (χ0n) is 17.9. The maximum atomic E-state index is 13.3. The highest BCUT2D eigenvalue weighted by atomic mass is 19.1. The lowest BCUT2D eigenvalue weighted by Gasteiger charge is -2.17. The van der Waals surface area contributed by atoms with Gasteiger partial charge in [0.2, 0.25) is 5.91 Å². The Morgan fingerprint density at radius 1 is 1.03 bits per heavy atom. The fourth-order valence-electron chi connectivity index (χ4n) is 4.28. The molecule has 1 fully saturated rings. The third-order valence-corrected chi connectivity index (χ3v) is 5.92. The van der Waals surface area contributed by atoms with Crippen LogP contribution in [0.2, 0.25) is 0 Å². The van der Waals surface area contributed by atoms with Crippen LogP contribution in [0.15, 0.2) is 72.8 Å². The number of halogens is 1. The Hall–Kier alpha value is -3.67. The monoisotopic (exact) mass is 429 g/mol. The summed E-state index contributed by atoms with van der Waals surface area (Å²) >= 11 is 0. The van der Waals surface area contributed by atoms with E-state index >= 15 is 0 Å². The van der Waals surface area contributed by atoms with Crippen molar-refractivity contribution in [2.24, 2.45) is 0 Å². The average Bonchev–Trinajstić information content (AvgIpc) is 3.36. The van der Waals surface area contributed by atoms with E-state index in [2.05, 4.69) is 4.57 Å². The van der Waals surface area contributed by atoms with Crippen LogP contribution in [0.4, 0.5) is 10.1 Å².